The molecule has 4 heteroatoms. The van der Waals surface area contributed by atoms with Gasteiger partial charge in [-0.25, -0.2) is 9.37 Å². The molecule has 2 nitrogen and oxygen atoms in total. The monoisotopic (exact) mass is 296 g/mol. The summed E-state index contributed by atoms with van der Waals surface area (Å²) in [4.78, 5) is 4.52. The van der Waals surface area contributed by atoms with Crippen LogP contribution in [0.5, 0.6) is 0 Å². The third-order valence-electron chi connectivity index (χ3n) is 4.02. The Morgan fingerprint density at radius 3 is 2.45 bits per heavy atom. The summed E-state index contributed by atoms with van der Waals surface area (Å²) in [5.74, 6) is 1.69. The van der Waals surface area contributed by atoms with Crippen molar-refractivity contribution >= 4 is 22.6 Å². The quantitative estimate of drug-likeness (QED) is 0.720. The Morgan fingerprint density at radius 2 is 1.90 bits per heavy atom. The predicted molar refractivity (Wildman–Crippen MR) is 82.7 cm³/mol. The lowest BCUT2D eigenvalue weighted by molar-refractivity contribution is 0.364. The number of hydrogen-bond donors (Lipinski definition) is 0. The van der Waals surface area contributed by atoms with Gasteiger partial charge in [-0.05, 0) is 37.3 Å². The lowest BCUT2D eigenvalue weighted by Gasteiger charge is -2.19. The number of hydrogen-bond acceptors (Lipinski definition) is 1. The molecule has 1 heterocycles. The minimum atomic E-state index is -0.215. The smallest absolute Gasteiger partial charge is 0.128 e. The molecule has 2 rings (SSSR count). The van der Waals surface area contributed by atoms with Gasteiger partial charge in [-0.1, -0.05) is 20.8 Å². The lowest BCUT2D eigenvalue weighted by atomic mass is 9.98. The molecule has 1 aromatic carbocycles. The fourth-order valence-corrected chi connectivity index (χ4v) is 2.43. The van der Waals surface area contributed by atoms with Crippen LogP contribution in [-0.2, 0) is 6.54 Å². The molecule has 0 N–H and O–H groups in total. The Kier molecular flexibility index (Phi) is 4.38. The SMILES string of the molecule is Cc1cc2c(cc1F)nc(C(C)Cl)n2CC(C)C(C)C. The summed E-state index contributed by atoms with van der Waals surface area (Å²) in [5.41, 5.74) is 2.30. The van der Waals surface area contributed by atoms with E-state index >= 15 is 0 Å². The predicted octanol–water partition coefficient (Wildman–Crippen LogP) is 5.08. The number of halogens is 2. The second kappa shape index (κ2) is 5.72. The second-order valence-corrected chi connectivity index (χ2v) is 6.66. The first-order chi connectivity index (χ1) is 9.31. The van der Waals surface area contributed by atoms with E-state index in [0.717, 1.165) is 17.9 Å². The van der Waals surface area contributed by atoms with Crippen molar-refractivity contribution in [2.75, 3.05) is 0 Å². The Balaban J connectivity index is 2.59. The van der Waals surface area contributed by atoms with Crippen LogP contribution in [0.3, 0.4) is 0 Å². The second-order valence-electron chi connectivity index (χ2n) is 6.01. The van der Waals surface area contributed by atoms with Gasteiger partial charge in [0.15, 0.2) is 0 Å². The highest BCUT2D eigenvalue weighted by atomic mass is 35.5. The molecule has 0 aliphatic carbocycles. The van der Waals surface area contributed by atoms with E-state index in [4.69, 9.17) is 11.6 Å². The summed E-state index contributed by atoms with van der Waals surface area (Å²) in [6, 6.07) is 3.37. The van der Waals surface area contributed by atoms with Crippen molar-refractivity contribution in [1.82, 2.24) is 9.55 Å². The average Bonchev–Trinajstić information content (AvgIpc) is 2.68. The lowest BCUT2D eigenvalue weighted by Crippen LogP contribution is -2.15. The van der Waals surface area contributed by atoms with E-state index in [-0.39, 0.29) is 11.2 Å². The molecule has 110 valence electrons. The molecule has 0 radical (unpaired) electrons. The minimum absolute atomic E-state index is 0.190. The van der Waals surface area contributed by atoms with E-state index in [0.29, 0.717) is 22.9 Å². The van der Waals surface area contributed by atoms with Crippen molar-refractivity contribution < 1.29 is 4.39 Å². The summed E-state index contributed by atoms with van der Waals surface area (Å²) in [5, 5.41) is -0.190. The standard InChI is InChI=1S/C16H22ClFN2/c1-9(2)11(4)8-20-15-6-10(3)13(18)7-14(15)19-16(20)12(5)17/h6-7,9,11-12H,8H2,1-5H3. The van der Waals surface area contributed by atoms with E-state index in [2.05, 4.69) is 30.3 Å². The minimum Gasteiger partial charge on any atom is -0.326 e. The van der Waals surface area contributed by atoms with Crippen LogP contribution < -0.4 is 0 Å². The van der Waals surface area contributed by atoms with Crippen LogP contribution in [0.4, 0.5) is 4.39 Å². The highest BCUT2D eigenvalue weighted by Crippen LogP contribution is 2.28. The third-order valence-corrected chi connectivity index (χ3v) is 4.22. The largest absolute Gasteiger partial charge is 0.326 e. The number of aromatic nitrogens is 2. The highest BCUT2D eigenvalue weighted by molar-refractivity contribution is 6.20. The van der Waals surface area contributed by atoms with Crippen LogP contribution in [0.2, 0.25) is 0 Å². The number of nitrogens with zero attached hydrogens (tertiary/aromatic N) is 2. The fraction of sp³-hybridized carbons (Fsp3) is 0.562. The van der Waals surface area contributed by atoms with Gasteiger partial charge in [-0.3, -0.25) is 0 Å². The van der Waals surface area contributed by atoms with Crippen molar-refractivity contribution in [3.63, 3.8) is 0 Å². The highest BCUT2D eigenvalue weighted by Gasteiger charge is 2.19. The Hall–Kier alpha value is -1.09. The van der Waals surface area contributed by atoms with E-state index in [9.17, 15) is 4.39 Å². The molecule has 0 saturated carbocycles. The summed E-state index contributed by atoms with van der Waals surface area (Å²) in [7, 11) is 0. The summed E-state index contributed by atoms with van der Waals surface area (Å²) >= 11 is 6.25. The topological polar surface area (TPSA) is 17.8 Å². The van der Waals surface area contributed by atoms with Gasteiger partial charge in [-0.2, -0.15) is 0 Å². The van der Waals surface area contributed by atoms with Gasteiger partial charge in [0, 0.05) is 12.6 Å². The van der Waals surface area contributed by atoms with Crippen LogP contribution in [0.1, 0.15) is 44.5 Å². The first-order valence-corrected chi connectivity index (χ1v) is 7.55. The van der Waals surface area contributed by atoms with Gasteiger partial charge in [0.1, 0.15) is 11.6 Å². The van der Waals surface area contributed by atoms with Crippen LogP contribution in [0.25, 0.3) is 11.0 Å². The number of imidazole rings is 1. The van der Waals surface area contributed by atoms with E-state index < -0.39 is 0 Å². The molecular weight excluding hydrogens is 275 g/mol. The maximum Gasteiger partial charge on any atom is 0.128 e. The van der Waals surface area contributed by atoms with Crippen molar-refractivity contribution in [2.45, 2.75) is 46.5 Å². The Labute approximate surface area is 125 Å². The number of benzene rings is 1. The zero-order valence-corrected chi connectivity index (χ0v) is 13.5. The van der Waals surface area contributed by atoms with Crippen molar-refractivity contribution in [3.8, 4) is 0 Å². The molecule has 2 unspecified atom stereocenters. The van der Waals surface area contributed by atoms with Gasteiger partial charge in [0.05, 0.1) is 16.4 Å². The van der Waals surface area contributed by atoms with Crippen molar-refractivity contribution in [2.24, 2.45) is 11.8 Å². The maximum atomic E-state index is 13.7. The number of aryl methyl sites for hydroxylation is 1. The summed E-state index contributed by atoms with van der Waals surface area (Å²) in [6.45, 7) is 11.2. The van der Waals surface area contributed by atoms with E-state index in [1.165, 1.54) is 6.07 Å². The third kappa shape index (κ3) is 2.83. The molecule has 0 saturated heterocycles. The molecule has 0 fully saturated rings. The van der Waals surface area contributed by atoms with Gasteiger partial charge < -0.3 is 4.57 Å². The van der Waals surface area contributed by atoms with Crippen LogP contribution in [0, 0.1) is 24.6 Å². The molecule has 0 spiro atoms. The number of alkyl halides is 1. The van der Waals surface area contributed by atoms with Crippen molar-refractivity contribution in [3.05, 3.63) is 29.3 Å². The molecule has 0 bridgehead atoms. The van der Waals surface area contributed by atoms with Crippen LogP contribution >= 0.6 is 11.6 Å². The summed E-state index contributed by atoms with van der Waals surface area (Å²) in [6.07, 6.45) is 0. The van der Waals surface area contributed by atoms with Crippen LogP contribution in [-0.4, -0.2) is 9.55 Å². The molecule has 2 aromatic rings. The van der Waals surface area contributed by atoms with Gasteiger partial charge in [0.25, 0.3) is 0 Å². The van der Waals surface area contributed by atoms with Gasteiger partial charge >= 0.3 is 0 Å². The Bertz CT molecular complexity index is 616. The number of fused-ring (bicyclic) bond motifs is 1. The van der Waals surface area contributed by atoms with E-state index in [1.807, 2.05) is 13.0 Å². The zero-order valence-electron chi connectivity index (χ0n) is 12.7. The maximum absolute atomic E-state index is 13.7. The Morgan fingerprint density at radius 1 is 1.25 bits per heavy atom. The average molecular weight is 297 g/mol. The van der Waals surface area contributed by atoms with E-state index in [1.54, 1.807) is 6.92 Å². The van der Waals surface area contributed by atoms with Crippen molar-refractivity contribution in [1.29, 1.82) is 0 Å². The van der Waals surface area contributed by atoms with Crippen LogP contribution in [0.15, 0.2) is 12.1 Å². The fourth-order valence-electron chi connectivity index (χ4n) is 2.26. The molecule has 0 aliphatic heterocycles. The summed E-state index contributed by atoms with van der Waals surface area (Å²) < 4.78 is 15.8. The first kappa shape index (κ1) is 15.3. The molecular formula is C16H22ClFN2. The van der Waals surface area contributed by atoms with Gasteiger partial charge in [-0.15, -0.1) is 11.6 Å². The molecule has 2 atom stereocenters. The molecule has 0 aliphatic rings. The molecule has 0 amide bonds. The zero-order chi connectivity index (χ0) is 15.0. The molecule has 1 aromatic heterocycles. The van der Waals surface area contributed by atoms with Gasteiger partial charge in [0.2, 0.25) is 0 Å². The first-order valence-electron chi connectivity index (χ1n) is 7.11. The number of rotatable bonds is 4. The normalized spacial score (nSPS) is 15.0. The molecule has 20 heavy (non-hydrogen) atoms.